The van der Waals surface area contributed by atoms with Gasteiger partial charge in [0.1, 0.15) is 0 Å². The van der Waals surface area contributed by atoms with Crippen molar-refractivity contribution in [3.63, 3.8) is 0 Å². The van der Waals surface area contributed by atoms with Crippen LogP contribution in [0.4, 0.5) is 0 Å². The van der Waals surface area contributed by atoms with Crippen molar-refractivity contribution in [2.45, 2.75) is 0 Å². The quantitative estimate of drug-likeness (QED) is 0.393. The second-order valence-electron chi connectivity index (χ2n) is 5.51. The number of hydrogen-bond donors (Lipinski definition) is 0. The maximum absolute atomic E-state index is 8.18. The summed E-state index contributed by atoms with van der Waals surface area (Å²) in [5.41, 5.74) is 0. The Kier molecular flexibility index (Phi) is 27.1. The van der Waals surface area contributed by atoms with Crippen molar-refractivity contribution >= 4 is 0 Å². The van der Waals surface area contributed by atoms with Gasteiger partial charge in [0.25, 0.3) is 0 Å². The lowest BCUT2D eigenvalue weighted by molar-refractivity contribution is 1.55. The Bertz CT molecular complexity index is 2570. The minimum atomic E-state index is 1.62. The second-order valence-corrected chi connectivity index (χ2v) is 5.51. The van der Waals surface area contributed by atoms with E-state index in [0.29, 0.717) is 0 Å². The van der Waals surface area contributed by atoms with Crippen molar-refractivity contribution < 1.29 is 0 Å². The van der Waals surface area contributed by atoms with Crippen LogP contribution in [-0.4, -0.2) is 0 Å². The predicted molar refractivity (Wildman–Crippen MR) is 178 cm³/mol. The van der Waals surface area contributed by atoms with Gasteiger partial charge in [-0.2, -0.15) is 5.26 Å². The molecular formula is C45HN. The number of nitrogens with zero attached hydrogens (tertiary/aromatic N) is 1. The first-order valence-electron chi connectivity index (χ1n) is 11.3. The number of hydrogen-bond acceptors (Lipinski definition) is 1. The molecule has 0 aromatic carbocycles. The molecule has 0 spiro atoms. The summed E-state index contributed by atoms with van der Waals surface area (Å²) in [4.78, 5) is 0. The summed E-state index contributed by atoms with van der Waals surface area (Å²) in [6.45, 7) is 0. The van der Waals surface area contributed by atoms with Crippen LogP contribution in [0.1, 0.15) is 0 Å². The van der Waals surface area contributed by atoms with Gasteiger partial charge in [0.05, 0.1) is 0 Å². The minimum absolute atomic E-state index is 1.62. The fraction of sp³-hybridized carbons (Fsp3) is 0. The zero-order chi connectivity index (χ0) is 33.1. The molecule has 0 aliphatic rings. The molecule has 0 N–H and O–H groups in total. The summed E-state index contributed by atoms with van der Waals surface area (Å²) in [7, 11) is 0. The summed E-state index contributed by atoms with van der Waals surface area (Å²) in [5, 5.41) is 8.18. The summed E-state index contributed by atoms with van der Waals surface area (Å²) in [6.07, 6.45) is 4.93. The minimum Gasteiger partial charge on any atom is -0.183 e. The first kappa shape index (κ1) is 35.8. The van der Waals surface area contributed by atoms with Gasteiger partial charge in [-0.3, -0.25) is 0 Å². The van der Waals surface area contributed by atoms with Gasteiger partial charge in [-0.15, -0.1) is 6.42 Å². The summed E-state index contributed by atoms with van der Waals surface area (Å²) in [6, 6.07) is 1.62. The van der Waals surface area contributed by atoms with E-state index in [9.17, 15) is 0 Å². The molecule has 0 aromatic rings. The molecule has 0 heterocycles. The van der Waals surface area contributed by atoms with E-state index in [1.165, 1.54) is 0 Å². The van der Waals surface area contributed by atoms with Gasteiger partial charge in [-0.25, -0.2) is 0 Å². The molecule has 0 radical (unpaired) electrons. The van der Waals surface area contributed by atoms with Gasteiger partial charge in [0, 0.05) is 207 Å². The van der Waals surface area contributed by atoms with Gasteiger partial charge in [0.2, 0.25) is 0 Å². The van der Waals surface area contributed by atoms with Crippen molar-refractivity contribution in [2.24, 2.45) is 0 Å². The lowest BCUT2D eigenvalue weighted by atomic mass is 10.4. The molecule has 0 bridgehead atoms. The van der Waals surface area contributed by atoms with Crippen LogP contribution >= 0.6 is 0 Å². The van der Waals surface area contributed by atoms with Gasteiger partial charge in [0.15, 0.2) is 6.07 Å². The molecule has 0 aromatic heterocycles. The molecule has 0 unspecified atom stereocenters. The van der Waals surface area contributed by atoms with Crippen molar-refractivity contribution in [3.8, 4) is 267 Å². The Balaban J connectivity index is 4.55. The standard InChI is InChI=1S/C45HN/c1-2-3-4-5-6-7-8-9-10-11-12-13-14-15-16-17-18-19-20-21-22-23-24-25-26-27-28-29-30-31-32-33-34-35-36-37-38-39-40-41-42-43-44-45-46/h1H. The topological polar surface area (TPSA) is 23.8 Å². The van der Waals surface area contributed by atoms with E-state index in [-0.39, 0.29) is 0 Å². The molecule has 0 saturated carbocycles. The fourth-order valence-corrected chi connectivity index (χ4v) is 1.31. The summed E-state index contributed by atoms with van der Waals surface area (Å²) in [5.74, 6) is 105. The third kappa shape index (κ3) is 33.8. The molecule has 0 atom stereocenters. The second kappa shape index (κ2) is 34.8. The molecule has 0 aliphatic heterocycles. The Morgan fingerprint density at radius 1 is 0.174 bits per heavy atom. The highest BCUT2D eigenvalue weighted by Crippen LogP contribution is 1.61. The van der Waals surface area contributed by atoms with E-state index in [0.717, 1.165) is 0 Å². The zero-order valence-electron chi connectivity index (χ0n) is 23.0. The van der Waals surface area contributed by atoms with E-state index >= 15 is 0 Å². The van der Waals surface area contributed by atoms with Crippen LogP contribution in [0.25, 0.3) is 0 Å². The normalized spacial score (nSPS) is 3.87. The molecular weight excluding hydrogens is 555 g/mol. The first-order chi connectivity index (χ1) is 22.9. The van der Waals surface area contributed by atoms with Gasteiger partial charge in [-0.1, -0.05) is 0 Å². The van der Waals surface area contributed by atoms with E-state index < -0.39 is 0 Å². The summed E-state index contributed by atoms with van der Waals surface area (Å²) >= 11 is 0. The monoisotopic (exact) mass is 555 g/mol. The fourth-order valence-electron chi connectivity index (χ4n) is 1.31. The van der Waals surface area contributed by atoms with Crippen LogP contribution in [0.15, 0.2) is 0 Å². The van der Waals surface area contributed by atoms with Gasteiger partial charge in [-0.05, 0) is 47.4 Å². The van der Waals surface area contributed by atoms with Crippen LogP contribution in [0.2, 0.25) is 0 Å². The lowest BCUT2D eigenvalue weighted by Crippen LogP contribution is -1.57. The number of terminal acetylenes is 1. The van der Waals surface area contributed by atoms with Crippen LogP contribution in [0.5, 0.6) is 0 Å². The van der Waals surface area contributed by atoms with Crippen molar-refractivity contribution in [2.75, 3.05) is 0 Å². The SMILES string of the molecule is C#CC#CC#CC#CC#CC#CC#CC#CC#CC#CC#CC#CC#CC#CC#CC#CC#CC#CC#CC#CC#CC#CC#N. The van der Waals surface area contributed by atoms with Crippen LogP contribution < -0.4 is 0 Å². The largest absolute Gasteiger partial charge is 0.183 e. The maximum atomic E-state index is 8.18. The zero-order valence-corrected chi connectivity index (χ0v) is 23.0. The van der Waals surface area contributed by atoms with Crippen molar-refractivity contribution in [1.82, 2.24) is 0 Å². The molecule has 0 amide bonds. The third-order valence-corrected chi connectivity index (χ3v) is 2.69. The highest BCUT2D eigenvalue weighted by atomic mass is 14.2. The predicted octanol–water partition coefficient (Wildman–Crippen LogP) is 0.215. The van der Waals surface area contributed by atoms with Crippen LogP contribution in [0, 0.1) is 272 Å². The highest BCUT2D eigenvalue weighted by molar-refractivity contribution is 5.50. The Labute approximate surface area is 271 Å². The average molecular weight is 556 g/mol. The Morgan fingerprint density at radius 2 is 0.283 bits per heavy atom. The van der Waals surface area contributed by atoms with E-state index in [2.05, 4.69) is 255 Å². The Hall–Kier alpha value is -10.2. The highest BCUT2D eigenvalue weighted by Gasteiger charge is 1.61. The van der Waals surface area contributed by atoms with E-state index in [1.807, 2.05) is 0 Å². The molecule has 0 aliphatic carbocycles. The molecule has 0 saturated heterocycles. The molecule has 1 nitrogen and oxygen atoms in total. The average Bonchev–Trinajstić information content (AvgIpc) is 3.07. The van der Waals surface area contributed by atoms with Gasteiger partial charge < -0.3 is 0 Å². The number of nitriles is 1. The molecule has 186 valence electrons. The molecule has 46 heavy (non-hydrogen) atoms. The first-order valence-corrected chi connectivity index (χ1v) is 11.3. The smallest absolute Gasteiger partial charge is 0.153 e. The van der Waals surface area contributed by atoms with Gasteiger partial charge >= 0.3 is 0 Å². The van der Waals surface area contributed by atoms with Crippen molar-refractivity contribution in [3.05, 3.63) is 0 Å². The molecule has 0 fully saturated rings. The third-order valence-electron chi connectivity index (χ3n) is 2.69. The summed E-state index contributed by atoms with van der Waals surface area (Å²) < 4.78 is 0. The van der Waals surface area contributed by atoms with E-state index in [1.54, 1.807) is 6.07 Å². The molecule has 1 heteroatoms. The lowest BCUT2D eigenvalue weighted by Gasteiger charge is -1.57. The maximum Gasteiger partial charge on any atom is 0.153 e. The molecule has 0 rings (SSSR count). The number of rotatable bonds is 0. The Morgan fingerprint density at radius 3 is 0.391 bits per heavy atom. The van der Waals surface area contributed by atoms with Crippen LogP contribution in [0.3, 0.4) is 0 Å². The van der Waals surface area contributed by atoms with Crippen molar-refractivity contribution in [1.29, 1.82) is 5.26 Å². The van der Waals surface area contributed by atoms with E-state index in [4.69, 9.17) is 11.7 Å². The van der Waals surface area contributed by atoms with Crippen LogP contribution in [-0.2, 0) is 0 Å².